The van der Waals surface area contributed by atoms with Crippen LogP contribution in [0.5, 0.6) is 5.75 Å². The van der Waals surface area contributed by atoms with Gasteiger partial charge in [0.2, 0.25) is 5.43 Å². The first kappa shape index (κ1) is 23.0. The van der Waals surface area contributed by atoms with Gasteiger partial charge in [-0.15, -0.1) is 12.4 Å². The highest BCUT2D eigenvalue weighted by molar-refractivity contribution is 5.92. The van der Waals surface area contributed by atoms with E-state index in [1.165, 1.54) is 0 Å². The number of rotatable bonds is 6. The maximum atomic E-state index is 12.8. The molecule has 1 fully saturated rings. The number of aliphatic hydroxyl groups is 1. The lowest BCUT2D eigenvalue weighted by Gasteiger charge is -2.36. The van der Waals surface area contributed by atoms with E-state index < -0.39 is 6.10 Å². The second-order valence-corrected chi connectivity index (χ2v) is 8.00. The molecule has 1 atom stereocenters. The van der Waals surface area contributed by atoms with Gasteiger partial charge in [-0.3, -0.25) is 9.69 Å². The summed E-state index contributed by atoms with van der Waals surface area (Å²) in [5.74, 6) is 1.45. The third-order valence-electron chi connectivity index (χ3n) is 5.81. The Balaban J connectivity index is 0.00000259. The van der Waals surface area contributed by atoms with Gasteiger partial charge in [0, 0.05) is 38.9 Å². The van der Waals surface area contributed by atoms with Crippen LogP contribution in [0.3, 0.4) is 0 Å². The van der Waals surface area contributed by atoms with Crippen LogP contribution >= 0.6 is 12.4 Å². The Labute approximate surface area is 197 Å². The van der Waals surface area contributed by atoms with Gasteiger partial charge >= 0.3 is 0 Å². The average Bonchev–Trinajstić information content (AvgIpc) is 2.84. The summed E-state index contributed by atoms with van der Waals surface area (Å²) in [6.45, 7) is 4.08. The van der Waals surface area contributed by atoms with E-state index in [1.807, 2.05) is 30.3 Å². The lowest BCUT2D eigenvalue weighted by molar-refractivity contribution is 0.0664. The number of anilines is 1. The molecule has 0 radical (unpaired) electrons. The maximum Gasteiger partial charge on any atom is 0.200 e. The summed E-state index contributed by atoms with van der Waals surface area (Å²) in [6, 6.07) is 18.4. The molecule has 8 heteroatoms. The van der Waals surface area contributed by atoms with Gasteiger partial charge in [-0.25, -0.2) is 4.98 Å². The van der Waals surface area contributed by atoms with Crippen molar-refractivity contribution in [1.82, 2.24) is 9.88 Å². The number of aromatic nitrogens is 1. The van der Waals surface area contributed by atoms with E-state index in [9.17, 15) is 9.90 Å². The van der Waals surface area contributed by atoms with Gasteiger partial charge in [-0.05, 0) is 36.4 Å². The van der Waals surface area contributed by atoms with Crippen LogP contribution in [0, 0.1) is 0 Å². The first-order chi connectivity index (χ1) is 15.7. The summed E-state index contributed by atoms with van der Waals surface area (Å²) in [6.07, 6.45) is 1.15. The molecule has 5 rings (SSSR count). The van der Waals surface area contributed by atoms with Crippen molar-refractivity contribution in [3.63, 3.8) is 0 Å². The first-order valence-electron chi connectivity index (χ1n) is 10.8. The topological polar surface area (TPSA) is 79.0 Å². The Morgan fingerprint density at radius 1 is 0.970 bits per heavy atom. The Kier molecular flexibility index (Phi) is 7.13. The van der Waals surface area contributed by atoms with Crippen LogP contribution < -0.4 is 15.1 Å². The van der Waals surface area contributed by atoms with E-state index in [0.717, 1.165) is 32.0 Å². The van der Waals surface area contributed by atoms with Crippen molar-refractivity contribution < 1.29 is 14.3 Å². The Morgan fingerprint density at radius 3 is 2.52 bits per heavy atom. The minimum absolute atomic E-state index is 0. The minimum atomic E-state index is -0.654. The highest BCUT2D eigenvalue weighted by atomic mass is 35.5. The lowest BCUT2D eigenvalue weighted by Crippen LogP contribution is -2.49. The highest BCUT2D eigenvalue weighted by Gasteiger charge is 2.21. The molecule has 0 saturated carbocycles. The van der Waals surface area contributed by atoms with Gasteiger partial charge in [-0.1, -0.05) is 24.3 Å². The zero-order valence-corrected chi connectivity index (χ0v) is 18.9. The molecule has 7 nitrogen and oxygen atoms in total. The number of ether oxygens (including phenoxy) is 1. The van der Waals surface area contributed by atoms with Gasteiger partial charge in [-0.2, -0.15) is 0 Å². The number of hydrogen-bond donors (Lipinski definition) is 1. The Morgan fingerprint density at radius 2 is 1.73 bits per heavy atom. The lowest BCUT2D eigenvalue weighted by atomic mass is 10.1. The van der Waals surface area contributed by atoms with Gasteiger partial charge in [0.25, 0.3) is 0 Å². The zero-order valence-electron chi connectivity index (χ0n) is 18.1. The summed E-state index contributed by atoms with van der Waals surface area (Å²) in [5, 5.41) is 11.6. The van der Waals surface area contributed by atoms with E-state index in [4.69, 9.17) is 9.15 Å². The van der Waals surface area contributed by atoms with Crippen LogP contribution in [0.15, 0.2) is 76.1 Å². The summed E-state index contributed by atoms with van der Waals surface area (Å²) < 4.78 is 11.9. The number of β-amino-alcohol motifs (C(OH)–C–C–N with tert-alkyl or cyclic N) is 1. The number of hydrogen-bond acceptors (Lipinski definition) is 7. The summed E-state index contributed by atoms with van der Waals surface area (Å²) in [4.78, 5) is 21.7. The number of benzene rings is 2. The molecule has 2 aromatic carbocycles. The highest BCUT2D eigenvalue weighted by Crippen LogP contribution is 2.27. The fraction of sp³-hybridized carbons (Fsp3) is 0.280. The molecule has 1 aliphatic rings. The molecule has 0 amide bonds. The third-order valence-corrected chi connectivity index (χ3v) is 5.81. The van der Waals surface area contributed by atoms with E-state index in [1.54, 1.807) is 36.5 Å². The van der Waals surface area contributed by atoms with E-state index >= 15 is 0 Å². The van der Waals surface area contributed by atoms with Crippen LogP contribution in [0.4, 0.5) is 5.82 Å². The van der Waals surface area contributed by atoms with Crippen molar-refractivity contribution >= 4 is 40.2 Å². The van der Waals surface area contributed by atoms with Crippen LogP contribution in [0.2, 0.25) is 0 Å². The number of pyridine rings is 1. The van der Waals surface area contributed by atoms with Gasteiger partial charge in [0.05, 0.1) is 10.8 Å². The number of piperazine rings is 1. The van der Waals surface area contributed by atoms with Gasteiger partial charge < -0.3 is 19.2 Å². The number of fused-ring (bicyclic) bond motifs is 2. The average molecular weight is 468 g/mol. The summed E-state index contributed by atoms with van der Waals surface area (Å²) in [5.41, 5.74) is 0.846. The second kappa shape index (κ2) is 10.2. The monoisotopic (exact) mass is 467 g/mol. The smallest absolute Gasteiger partial charge is 0.200 e. The maximum absolute atomic E-state index is 12.8. The van der Waals surface area contributed by atoms with Crippen molar-refractivity contribution in [2.24, 2.45) is 0 Å². The molecule has 172 valence electrons. The number of halogens is 1. The molecule has 0 aliphatic carbocycles. The van der Waals surface area contributed by atoms with Crippen molar-refractivity contribution in [1.29, 1.82) is 0 Å². The molecule has 4 aromatic rings. The van der Waals surface area contributed by atoms with Crippen LogP contribution in [0.1, 0.15) is 0 Å². The summed E-state index contributed by atoms with van der Waals surface area (Å²) >= 11 is 0. The molecule has 33 heavy (non-hydrogen) atoms. The molecule has 2 aromatic heterocycles. The van der Waals surface area contributed by atoms with Crippen molar-refractivity contribution in [3.8, 4) is 5.75 Å². The summed E-state index contributed by atoms with van der Waals surface area (Å²) in [7, 11) is 0. The zero-order chi connectivity index (χ0) is 21.9. The Bertz CT molecular complexity index is 1270. The standard InChI is InChI=1S/C25H25N3O4.ClH/c29-18(16-27-12-14-28(15-13-27)23-10-3-4-11-26-23)17-31-22-9-5-7-20-24(30)19-6-1-2-8-21(19)32-25(20)22;/h1-11,18,29H,12-17H2;1H. The van der Waals surface area contributed by atoms with E-state index in [0.29, 0.717) is 34.2 Å². The quantitative estimate of drug-likeness (QED) is 0.436. The van der Waals surface area contributed by atoms with Gasteiger partial charge in [0.1, 0.15) is 24.1 Å². The molecular formula is C25H26ClN3O4. The first-order valence-corrected chi connectivity index (χ1v) is 10.8. The minimum Gasteiger partial charge on any atom is -0.487 e. The number of aliphatic hydroxyl groups excluding tert-OH is 1. The number of nitrogens with zero attached hydrogens (tertiary/aromatic N) is 3. The predicted molar refractivity (Wildman–Crippen MR) is 132 cm³/mol. The van der Waals surface area contributed by atoms with Crippen LogP contribution in [-0.2, 0) is 0 Å². The molecule has 0 bridgehead atoms. The second-order valence-electron chi connectivity index (χ2n) is 8.00. The van der Waals surface area contributed by atoms with Gasteiger partial charge in [0.15, 0.2) is 11.3 Å². The molecular weight excluding hydrogens is 442 g/mol. The van der Waals surface area contributed by atoms with E-state index in [2.05, 4.69) is 14.8 Å². The molecule has 1 aliphatic heterocycles. The van der Waals surface area contributed by atoms with Crippen molar-refractivity contribution in [2.45, 2.75) is 6.10 Å². The van der Waals surface area contributed by atoms with Crippen molar-refractivity contribution in [3.05, 3.63) is 77.1 Å². The van der Waals surface area contributed by atoms with Crippen LogP contribution in [-0.4, -0.2) is 60.4 Å². The molecule has 0 spiro atoms. The SMILES string of the molecule is Cl.O=c1c2ccccc2oc2c(OCC(O)CN3CCN(c4ccccn4)CC3)cccc12. The molecule has 1 unspecified atom stereocenters. The molecule has 3 heterocycles. The molecule has 1 N–H and O–H groups in total. The van der Waals surface area contributed by atoms with E-state index in [-0.39, 0.29) is 24.4 Å². The fourth-order valence-corrected chi connectivity index (χ4v) is 4.15. The largest absolute Gasteiger partial charge is 0.487 e. The molecule has 1 saturated heterocycles. The Hall–Kier alpha value is -3.13. The predicted octanol–water partition coefficient (Wildman–Crippen LogP) is 3.32. The van der Waals surface area contributed by atoms with Crippen molar-refractivity contribution in [2.75, 3.05) is 44.2 Å². The number of para-hydroxylation sites is 2. The fourth-order valence-electron chi connectivity index (χ4n) is 4.15. The van der Waals surface area contributed by atoms with Crippen LogP contribution in [0.25, 0.3) is 21.9 Å². The third kappa shape index (κ3) is 4.95. The normalized spacial score (nSPS) is 15.4.